The van der Waals surface area contributed by atoms with Crippen LogP contribution in [0.15, 0.2) is 121 Å². The molecular weight excluding hydrogens is 775 g/mol. The molecule has 0 spiro atoms. The molecule has 1 saturated heterocycles. The van der Waals surface area contributed by atoms with Crippen LogP contribution in [0.1, 0.15) is 75.7 Å². The quantitative estimate of drug-likeness (QED) is 0.0894. The summed E-state index contributed by atoms with van der Waals surface area (Å²) in [5.41, 5.74) is -3.31. The van der Waals surface area contributed by atoms with Crippen LogP contribution in [0.25, 0.3) is 0 Å². The fourth-order valence-electron chi connectivity index (χ4n) is 9.46. The van der Waals surface area contributed by atoms with Crippen molar-refractivity contribution in [2.45, 2.75) is 115 Å². The van der Waals surface area contributed by atoms with E-state index < -0.39 is 70.2 Å². The Morgan fingerprint density at radius 1 is 0.695 bits per heavy atom. The molecule has 1 aliphatic carbocycles. The number of esters is 1. The third-order valence-electron chi connectivity index (χ3n) is 12.1. The molecule has 6 rings (SSSR count). The minimum atomic E-state index is -3.13. The standard InChI is InChI=1S/C48H63NO8Si2/c1-35(51)55-42-41-47(56-41,34-54-59(46(8,9)10,39-27-19-13-20-28-39)40-29-21-14-22-30-40)31-36(48(42,33-50)49-43(52)57-44(2,3)4)32-53-58(45(5,6)7,37-23-15-11-16-24-37)38-25-17-12-18-26-38/h11-30,36,41-42,50H,31-34H2,1-10H3,(H,49,52)/t36-,41-,42-,47-,48-/m1/s1. The maximum absolute atomic E-state index is 13.9. The lowest BCUT2D eigenvalue weighted by Gasteiger charge is -2.50. The van der Waals surface area contributed by atoms with Crippen LogP contribution in [0, 0.1) is 5.92 Å². The Morgan fingerprint density at radius 2 is 1.10 bits per heavy atom. The predicted octanol–water partition coefficient (Wildman–Crippen LogP) is 6.48. The van der Waals surface area contributed by atoms with Crippen molar-refractivity contribution in [2.24, 2.45) is 5.92 Å². The molecule has 11 heteroatoms. The molecule has 4 aromatic carbocycles. The largest absolute Gasteiger partial charge is 0.457 e. The second kappa shape index (κ2) is 16.7. The first-order valence-corrected chi connectivity index (χ1v) is 24.5. The predicted molar refractivity (Wildman–Crippen MR) is 238 cm³/mol. The van der Waals surface area contributed by atoms with Gasteiger partial charge in [0.2, 0.25) is 0 Å². The Labute approximate surface area is 353 Å². The van der Waals surface area contributed by atoms with Crippen molar-refractivity contribution in [3.8, 4) is 0 Å². The zero-order valence-electron chi connectivity index (χ0n) is 36.4. The van der Waals surface area contributed by atoms with Crippen LogP contribution < -0.4 is 26.1 Å². The first-order chi connectivity index (χ1) is 27.7. The number of alkyl carbamates (subject to hydrolysis) is 1. The van der Waals surface area contributed by atoms with Gasteiger partial charge in [-0.3, -0.25) is 4.79 Å². The molecule has 0 unspecified atom stereocenters. The van der Waals surface area contributed by atoms with E-state index in [1.54, 1.807) is 20.8 Å². The lowest BCUT2D eigenvalue weighted by atomic mass is 9.67. The number of ether oxygens (including phenoxy) is 3. The molecule has 1 aliphatic heterocycles. The molecule has 0 radical (unpaired) electrons. The van der Waals surface area contributed by atoms with Crippen LogP contribution in [0.3, 0.4) is 0 Å². The fourth-order valence-corrected chi connectivity index (χ4v) is 18.7. The molecule has 2 aliphatic rings. The van der Waals surface area contributed by atoms with Gasteiger partial charge in [-0.25, -0.2) is 4.79 Å². The van der Waals surface area contributed by atoms with Gasteiger partial charge in [0.05, 0.1) is 13.2 Å². The highest BCUT2D eigenvalue weighted by Crippen LogP contribution is 2.56. The van der Waals surface area contributed by atoms with E-state index in [0.29, 0.717) is 6.42 Å². The molecule has 1 saturated carbocycles. The van der Waals surface area contributed by atoms with E-state index in [4.69, 9.17) is 23.1 Å². The maximum Gasteiger partial charge on any atom is 0.408 e. The van der Waals surface area contributed by atoms with Crippen molar-refractivity contribution >= 4 is 49.4 Å². The summed E-state index contributed by atoms with van der Waals surface area (Å²) < 4.78 is 33.8. The third-order valence-corrected chi connectivity index (χ3v) is 22.1. The maximum atomic E-state index is 13.9. The van der Waals surface area contributed by atoms with Crippen molar-refractivity contribution in [3.63, 3.8) is 0 Å². The highest BCUT2D eigenvalue weighted by atomic mass is 28.4. The number of benzene rings is 4. The van der Waals surface area contributed by atoms with Crippen molar-refractivity contribution in [1.82, 2.24) is 5.32 Å². The van der Waals surface area contributed by atoms with E-state index in [-0.39, 0.29) is 23.3 Å². The zero-order chi connectivity index (χ0) is 42.9. The van der Waals surface area contributed by atoms with Gasteiger partial charge < -0.3 is 33.5 Å². The smallest absolute Gasteiger partial charge is 0.408 e. The average molecular weight is 838 g/mol. The van der Waals surface area contributed by atoms with Crippen LogP contribution in [0.4, 0.5) is 4.79 Å². The molecule has 9 nitrogen and oxygen atoms in total. The molecule has 0 aromatic heterocycles. The number of rotatable bonds is 13. The molecule has 4 aromatic rings. The summed E-state index contributed by atoms with van der Waals surface area (Å²) in [6, 6.07) is 41.5. The summed E-state index contributed by atoms with van der Waals surface area (Å²) in [5, 5.41) is 18.5. The lowest BCUT2D eigenvalue weighted by molar-refractivity contribution is -0.159. The molecule has 1 amide bonds. The number of carbonyl (C=O) groups excluding carboxylic acids is 2. The van der Waals surface area contributed by atoms with Crippen molar-refractivity contribution < 1.29 is 37.8 Å². The van der Waals surface area contributed by atoms with Gasteiger partial charge in [-0.2, -0.15) is 0 Å². The van der Waals surface area contributed by atoms with Gasteiger partial charge in [-0.1, -0.05) is 163 Å². The lowest BCUT2D eigenvalue weighted by Crippen LogP contribution is -2.73. The minimum Gasteiger partial charge on any atom is -0.457 e. The molecule has 0 bridgehead atoms. The summed E-state index contributed by atoms with van der Waals surface area (Å²) in [4.78, 5) is 27.0. The van der Waals surface area contributed by atoms with Crippen molar-refractivity contribution in [1.29, 1.82) is 0 Å². The minimum absolute atomic E-state index is 0.0957. The first kappa shape index (κ1) is 44.4. The zero-order valence-corrected chi connectivity index (χ0v) is 38.4. The van der Waals surface area contributed by atoms with Gasteiger partial charge >= 0.3 is 12.1 Å². The van der Waals surface area contributed by atoms with Crippen molar-refractivity contribution in [2.75, 3.05) is 19.8 Å². The van der Waals surface area contributed by atoms with Crippen LogP contribution in [0.5, 0.6) is 0 Å². The Morgan fingerprint density at radius 3 is 1.46 bits per heavy atom. The number of hydrogen-bond donors (Lipinski definition) is 2. The van der Waals surface area contributed by atoms with Crippen LogP contribution in [0.2, 0.25) is 10.1 Å². The number of aliphatic hydroxyl groups is 1. The molecule has 316 valence electrons. The first-order valence-electron chi connectivity index (χ1n) is 20.7. The number of nitrogens with one attached hydrogen (secondary N) is 1. The molecule has 59 heavy (non-hydrogen) atoms. The Bertz CT molecular complexity index is 1950. The Hall–Kier alpha value is -4.11. The van der Waals surface area contributed by atoms with E-state index >= 15 is 0 Å². The third kappa shape index (κ3) is 8.60. The topological polar surface area (TPSA) is 116 Å². The summed E-state index contributed by atoms with van der Waals surface area (Å²) >= 11 is 0. The van der Waals surface area contributed by atoms with Gasteiger partial charge in [0.1, 0.15) is 22.8 Å². The fraction of sp³-hybridized carbons (Fsp3) is 0.458. The average Bonchev–Trinajstić information content (AvgIpc) is 3.90. The summed E-state index contributed by atoms with van der Waals surface area (Å²) in [7, 11) is -6.17. The normalized spacial score (nSPS) is 23.5. The molecular formula is C48H63NO8Si2. The number of epoxide rings is 1. The van der Waals surface area contributed by atoms with E-state index in [2.05, 4.69) is 120 Å². The van der Waals surface area contributed by atoms with Gasteiger partial charge in [0.25, 0.3) is 16.6 Å². The van der Waals surface area contributed by atoms with E-state index in [0.717, 1.165) is 20.7 Å². The summed E-state index contributed by atoms with van der Waals surface area (Å²) in [6.45, 7) is 19.7. The number of aliphatic hydroxyl groups excluding tert-OH is 1. The Balaban J connectivity index is 1.49. The van der Waals surface area contributed by atoms with Crippen molar-refractivity contribution in [3.05, 3.63) is 121 Å². The van der Waals surface area contributed by atoms with Crippen LogP contribution >= 0.6 is 0 Å². The summed E-state index contributed by atoms with van der Waals surface area (Å²) in [6.07, 6.45) is -2.20. The monoisotopic (exact) mass is 837 g/mol. The number of carbonyl (C=O) groups is 2. The Kier molecular flexibility index (Phi) is 12.6. The van der Waals surface area contributed by atoms with Crippen LogP contribution in [-0.2, 0) is 27.9 Å². The second-order valence-corrected chi connectivity index (χ2v) is 27.9. The SMILES string of the molecule is CC(=O)O[C@@H]1[C@H]2O[C@@]2(CO[Si](c2ccccc2)(c2ccccc2)C(C)(C)C)C[C@H](CO[Si](c2ccccc2)(c2ccccc2)C(C)(C)C)[C@@]1(CO)NC(=O)OC(C)(C)C. The van der Waals surface area contributed by atoms with E-state index in [1.165, 1.54) is 6.92 Å². The summed E-state index contributed by atoms with van der Waals surface area (Å²) in [5.74, 6) is -1.20. The number of fused-ring (bicyclic) bond motifs is 1. The molecule has 2 fully saturated rings. The highest BCUT2D eigenvalue weighted by molar-refractivity contribution is 7.00. The van der Waals surface area contributed by atoms with E-state index in [1.807, 2.05) is 48.5 Å². The number of amides is 1. The van der Waals surface area contributed by atoms with Gasteiger partial charge in [0, 0.05) is 19.4 Å². The number of hydrogen-bond acceptors (Lipinski definition) is 8. The molecule has 5 atom stereocenters. The van der Waals surface area contributed by atoms with Gasteiger partial charge in [-0.05, 0) is 58.0 Å². The van der Waals surface area contributed by atoms with Gasteiger partial charge in [0.15, 0.2) is 6.10 Å². The highest BCUT2D eigenvalue weighted by Gasteiger charge is 2.74. The molecule has 1 heterocycles. The van der Waals surface area contributed by atoms with Crippen LogP contribution in [-0.4, -0.2) is 82.6 Å². The second-order valence-electron chi connectivity index (χ2n) is 19.3. The van der Waals surface area contributed by atoms with E-state index in [9.17, 15) is 14.7 Å². The van der Waals surface area contributed by atoms with Gasteiger partial charge in [-0.15, -0.1) is 0 Å². The molecule has 2 N–H and O–H groups in total.